The number of rotatable bonds is 3. The standard InChI is InChI=1S/C15H20BrNO.C2H6O/c1-11-7-14(16)8-12(2)15(11)9-17-5-3-13(10-18)4-6-17;1-3-2/h7-8,10,13H,3-6,9H2,1-2H3;1-2H3. The quantitative estimate of drug-likeness (QED) is 0.773. The number of ether oxygens (including phenoxy) is 1. The predicted octanol–water partition coefficient (Wildman–Crippen LogP) is 3.74. The van der Waals surface area contributed by atoms with E-state index < -0.39 is 0 Å². The Balaban J connectivity index is 0.000000677. The molecule has 0 unspecified atom stereocenters. The monoisotopic (exact) mass is 355 g/mol. The molecule has 0 spiro atoms. The van der Waals surface area contributed by atoms with Crippen molar-refractivity contribution in [2.75, 3.05) is 27.3 Å². The number of carbonyl (C=O) groups excluding carboxylic acids is 1. The zero-order valence-corrected chi connectivity index (χ0v) is 15.1. The highest BCUT2D eigenvalue weighted by molar-refractivity contribution is 9.10. The van der Waals surface area contributed by atoms with Crippen LogP contribution >= 0.6 is 15.9 Å². The van der Waals surface area contributed by atoms with Gasteiger partial charge in [0, 0.05) is 31.2 Å². The molecule has 1 aromatic rings. The van der Waals surface area contributed by atoms with Gasteiger partial charge in [0.05, 0.1) is 0 Å². The molecule has 1 aromatic carbocycles. The predicted molar refractivity (Wildman–Crippen MR) is 90.6 cm³/mol. The molecular formula is C17H26BrNO2. The largest absolute Gasteiger partial charge is 0.388 e. The highest BCUT2D eigenvalue weighted by Crippen LogP contribution is 2.24. The molecule has 0 aliphatic carbocycles. The Bertz CT molecular complexity index is 431. The smallest absolute Gasteiger partial charge is 0.123 e. The normalized spacial score (nSPS) is 16.2. The second-order valence-electron chi connectivity index (χ2n) is 5.68. The van der Waals surface area contributed by atoms with Gasteiger partial charge in [-0.1, -0.05) is 15.9 Å². The van der Waals surface area contributed by atoms with Crippen LogP contribution in [-0.4, -0.2) is 38.5 Å². The van der Waals surface area contributed by atoms with Crippen LogP contribution in [0.5, 0.6) is 0 Å². The van der Waals surface area contributed by atoms with Crippen LogP contribution in [0.3, 0.4) is 0 Å². The Labute approximate surface area is 136 Å². The summed E-state index contributed by atoms with van der Waals surface area (Å²) in [6, 6.07) is 4.36. The van der Waals surface area contributed by atoms with Gasteiger partial charge in [0.1, 0.15) is 6.29 Å². The number of piperidine rings is 1. The fraction of sp³-hybridized carbons (Fsp3) is 0.588. The molecule has 0 atom stereocenters. The van der Waals surface area contributed by atoms with E-state index in [2.05, 4.69) is 51.5 Å². The number of carbonyl (C=O) groups is 1. The summed E-state index contributed by atoms with van der Waals surface area (Å²) in [6.07, 6.45) is 3.14. The van der Waals surface area contributed by atoms with Gasteiger partial charge < -0.3 is 9.53 Å². The summed E-state index contributed by atoms with van der Waals surface area (Å²) in [7, 11) is 3.25. The van der Waals surface area contributed by atoms with Gasteiger partial charge in [0.2, 0.25) is 0 Å². The lowest BCUT2D eigenvalue weighted by molar-refractivity contribution is -0.112. The molecule has 0 radical (unpaired) electrons. The van der Waals surface area contributed by atoms with Crippen molar-refractivity contribution < 1.29 is 9.53 Å². The lowest BCUT2D eigenvalue weighted by Crippen LogP contribution is -2.34. The van der Waals surface area contributed by atoms with Crippen LogP contribution in [0, 0.1) is 19.8 Å². The first-order valence-electron chi connectivity index (χ1n) is 7.35. The third kappa shape index (κ3) is 5.89. The zero-order chi connectivity index (χ0) is 15.8. The Morgan fingerprint density at radius 2 is 1.71 bits per heavy atom. The minimum Gasteiger partial charge on any atom is -0.388 e. The van der Waals surface area contributed by atoms with E-state index in [1.807, 2.05) is 0 Å². The van der Waals surface area contributed by atoms with E-state index >= 15 is 0 Å². The molecule has 118 valence electrons. The molecule has 1 fully saturated rings. The van der Waals surface area contributed by atoms with Crippen LogP contribution in [0.1, 0.15) is 29.5 Å². The number of methoxy groups -OCH3 is 1. The molecule has 1 aliphatic heterocycles. The Hall–Kier alpha value is -0.710. The number of hydrogen-bond donors (Lipinski definition) is 0. The average molecular weight is 356 g/mol. The summed E-state index contributed by atoms with van der Waals surface area (Å²) in [4.78, 5) is 13.2. The van der Waals surface area contributed by atoms with Crippen molar-refractivity contribution in [3.8, 4) is 0 Å². The maximum atomic E-state index is 10.7. The van der Waals surface area contributed by atoms with Gasteiger partial charge in [-0.15, -0.1) is 0 Å². The van der Waals surface area contributed by atoms with E-state index in [9.17, 15) is 4.79 Å². The number of aldehydes is 1. The molecule has 0 bridgehead atoms. The van der Waals surface area contributed by atoms with Gasteiger partial charge in [-0.3, -0.25) is 4.90 Å². The Morgan fingerprint density at radius 1 is 1.24 bits per heavy atom. The van der Waals surface area contributed by atoms with Crippen LogP contribution in [0.15, 0.2) is 16.6 Å². The second-order valence-corrected chi connectivity index (χ2v) is 6.59. The highest BCUT2D eigenvalue weighted by Gasteiger charge is 2.19. The van der Waals surface area contributed by atoms with E-state index in [1.54, 1.807) is 14.2 Å². The molecule has 4 heteroatoms. The summed E-state index contributed by atoms with van der Waals surface area (Å²) in [5.74, 6) is 0.286. The van der Waals surface area contributed by atoms with E-state index in [0.29, 0.717) is 0 Å². The third-order valence-electron chi connectivity index (χ3n) is 3.87. The van der Waals surface area contributed by atoms with Crippen molar-refractivity contribution >= 4 is 22.2 Å². The van der Waals surface area contributed by atoms with Gasteiger partial charge in [-0.05, 0) is 68.6 Å². The van der Waals surface area contributed by atoms with Crippen molar-refractivity contribution in [2.45, 2.75) is 33.2 Å². The van der Waals surface area contributed by atoms with Crippen molar-refractivity contribution in [1.29, 1.82) is 0 Å². The second kappa shape index (κ2) is 9.34. The molecular weight excluding hydrogens is 330 g/mol. The summed E-state index contributed by atoms with van der Waals surface area (Å²) >= 11 is 3.54. The summed E-state index contributed by atoms with van der Waals surface area (Å²) < 4.78 is 5.40. The van der Waals surface area contributed by atoms with Crippen LogP contribution in [0.2, 0.25) is 0 Å². The number of hydrogen-bond acceptors (Lipinski definition) is 3. The topological polar surface area (TPSA) is 29.5 Å². The Morgan fingerprint density at radius 3 is 2.14 bits per heavy atom. The summed E-state index contributed by atoms with van der Waals surface area (Å²) in [6.45, 7) is 7.43. The number of halogens is 1. The van der Waals surface area contributed by atoms with E-state index in [4.69, 9.17) is 0 Å². The summed E-state index contributed by atoms with van der Waals surface area (Å²) in [5, 5.41) is 0. The molecule has 1 heterocycles. The number of nitrogens with zero attached hydrogens (tertiary/aromatic N) is 1. The maximum Gasteiger partial charge on any atom is 0.123 e. The first kappa shape index (κ1) is 18.3. The van der Waals surface area contributed by atoms with E-state index in [-0.39, 0.29) is 5.92 Å². The molecule has 0 N–H and O–H groups in total. The lowest BCUT2D eigenvalue weighted by atomic mass is 9.96. The van der Waals surface area contributed by atoms with Crippen LogP contribution in [-0.2, 0) is 16.1 Å². The van der Waals surface area contributed by atoms with Crippen LogP contribution < -0.4 is 0 Å². The van der Waals surface area contributed by atoms with Crippen molar-refractivity contribution in [3.05, 3.63) is 33.3 Å². The van der Waals surface area contributed by atoms with Gasteiger partial charge >= 0.3 is 0 Å². The summed E-state index contributed by atoms with van der Waals surface area (Å²) in [5.41, 5.74) is 4.13. The first-order chi connectivity index (χ1) is 10.0. The molecule has 21 heavy (non-hydrogen) atoms. The molecule has 3 nitrogen and oxygen atoms in total. The minimum absolute atomic E-state index is 0.286. The molecule has 1 aliphatic rings. The minimum atomic E-state index is 0.286. The maximum absolute atomic E-state index is 10.7. The van der Waals surface area contributed by atoms with Crippen molar-refractivity contribution in [3.63, 3.8) is 0 Å². The fourth-order valence-corrected chi connectivity index (χ4v) is 3.35. The van der Waals surface area contributed by atoms with Gasteiger partial charge in [0.25, 0.3) is 0 Å². The number of likely N-dealkylation sites (tertiary alicyclic amines) is 1. The zero-order valence-electron chi connectivity index (χ0n) is 13.5. The van der Waals surface area contributed by atoms with E-state index in [1.165, 1.54) is 16.7 Å². The Kier molecular flexibility index (Phi) is 8.15. The van der Waals surface area contributed by atoms with Crippen LogP contribution in [0.25, 0.3) is 0 Å². The third-order valence-corrected chi connectivity index (χ3v) is 4.33. The number of aryl methyl sites for hydroxylation is 2. The fourth-order valence-electron chi connectivity index (χ4n) is 2.66. The highest BCUT2D eigenvalue weighted by atomic mass is 79.9. The van der Waals surface area contributed by atoms with E-state index in [0.717, 1.165) is 43.2 Å². The van der Waals surface area contributed by atoms with Crippen LogP contribution in [0.4, 0.5) is 0 Å². The molecule has 0 saturated carbocycles. The molecule has 0 amide bonds. The van der Waals surface area contributed by atoms with Gasteiger partial charge in [-0.2, -0.15) is 0 Å². The average Bonchev–Trinajstić information content (AvgIpc) is 2.44. The van der Waals surface area contributed by atoms with Crippen molar-refractivity contribution in [2.24, 2.45) is 5.92 Å². The lowest BCUT2D eigenvalue weighted by Gasteiger charge is -2.30. The molecule has 1 saturated heterocycles. The molecule has 0 aromatic heterocycles. The number of benzene rings is 1. The molecule has 2 rings (SSSR count). The van der Waals surface area contributed by atoms with Gasteiger partial charge in [0.15, 0.2) is 0 Å². The van der Waals surface area contributed by atoms with Gasteiger partial charge in [-0.25, -0.2) is 0 Å². The SMILES string of the molecule is COC.Cc1cc(Br)cc(C)c1CN1CCC(C=O)CC1. The van der Waals surface area contributed by atoms with Crippen molar-refractivity contribution in [1.82, 2.24) is 4.90 Å². The first-order valence-corrected chi connectivity index (χ1v) is 8.14.